The van der Waals surface area contributed by atoms with Gasteiger partial charge in [0.1, 0.15) is 5.75 Å². The minimum atomic E-state index is -0.662. The molecule has 7 heteroatoms. The van der Waals surface area contributed by atoms with Crippen molar-refractivity contribution in [3.05, 3.63) is 64.7 Å². The molecule has 0 aliphatic rings. The lowest BCUT2D eigenvalue weighted by Gasteiger charge is -2.08. The fourth-order valence-corrected chi connectivity index (χ4v) is 2.25. The summed E-state index contributed by atoms with van der Waals surface area (Å²) >= 11 is 5.79. The number of hydrogen-bond donors (Lipinski definition) is 1. The van der Waals surface area contributed by atoms with E-state index in [-0.39, 0.29) is 19.0 Å². The van der Waals surface area contributed by atoms with Crippen LogP contribution in [0.5, 0.6) is 5.75 Å². The van der Waals surface area contributed by atoms with E-state index in [4.69, 9.17) is 21.1 Å². The van der Waals surface area contributed by atoms with Gasteiger partial charge in [0.05, 0.1) is 0 Å². The maximum absolute atomic E-state index is 11.7. The zero-order valence-electron chi connectivity index (χ0n) is 14.9. The zero-order valence-corrected chi connectivity index (χ0v) is 15.6. The van der Waals surface area contributed by atoms with E-state index in [9.17, 15) is 14.4 Å². The van der Waals surface area contributed by atoms with Gasteiger partial charge in [-0.2, -0.15) is 0 Å². The molecule has 27 heavy (non-hydrogen) atoms. The third-order valence-corrected chi connectivity index (χ3v) is 3.87. The quantitative estimate of drug-likeness (QED) is 0.526. The van der Waals surface area contributed by atoms with Crippen LogP contribution >= 0.6 is 11.6 Å². The molecule has 0 aliphatic heterocycles. The average molecular weight is 390 g/mol. The standard InChI is InChI=1S/C20H20ClNO5/c1-2-18(23)15-5-9-17(10-6-15)26-13-20(25)27-12-19(24)22-11-14-3-7-16(21)8-4-14/h3-10H,2,11-13H2,1H3,(H,22,24). The molecular weight excluding hydrogens is 370 g/mol. The van der Waals surface area contributed by atoms with Crippen LogP contribution in [-0.4, -0.2) is 30.9 Å². The second-order valence-corrected chi connectivity index (χ2v) is 6.09. The molecule has 0 aromatic heterocycles. The summed E-state index contributed by atoms with van der Waals surface area (Å²) in [4.78, 5) is 34.9. The molecule has 1 N–H and O–H groups in total. The number of nitrogens with one attached hydrogen (secondary N) is 1. The average Bonchev–Trinajstić information content (AvgIpc) is 2.70. The summed E-state index contributed by atoms with van der Waals surface area (Å²) in [6.07, 6.45) is 0.423. The van der Waals surface area contributed by atoms with Crippen LogP contribution in [0.4, 0.5) is 0 Å². The van der Waals surface area contributed by atoms with Gasteiger partial charge < -0.3 is 14.8 Å². The van der Waals surface area contributed by atoms with E-state index in [2.05, 4.69) is 5.32 Å². The van der Waals surface area contributed by atoms with Crippen molar-refractivity contribution in [2.24, 2.45) is 0 Å². The molecule has 1 amide bonds. The lowest BCUT2D eigenvalue weighted by Crippen LogP contribution is -2.29. The number of carbonyl (C=O) groups excluding carboxylic acids is 3. The Bertz CT molecular complexity index is 787. The van der Waals surface area contributed by atoms with Gasteiger partial charge in [0.2, 0.25) is 0 Å². The van der Waals surface area contributed by atoms with E-state index in [1.54, 1.807) is 55.5 Å². The SMILES string of the molecule is CCC(=O)c1ccc(OCC(=O)OCC(=O)NCc2ccc(Cl)cc2)cc1. The van der Waals surface area contributed by atoms with Gasteiger partial charge in [0.15, 0.2) is 19.0 Å². The molecular formula is C20H20ClNO5. The Morgan fingerprint density at radius 3 is 2.26 bits per heavy atom. The van der Waals surface area contributed by atoms with Crippen molar-refractivity contribution in [2.45, 2.75) is 19.9 Å². The molecule has 0 bridgehead atoms. The summed E-state index contributed by atoms with van der Waals surface area (Å²) in [5, 5.41) is 3.25. The smallest absolute Gasteiger partial charge is 0.344 e. The van der Waals surface area contributed by atoms with Crippen LogP contribution in [0.2, 0.25) is 5.02 Å². The minimum Gasteiger partial charge on any atom is -0.482 e. The Morgan fingerprint density at radius 2 is 1.63 bits per heavy atom. The lowest BCUT2D eigenvalue weighted by atomic mass is 10.1. The fourth-order valence-electron chi connectivity index (χ4n) is 2.13. The van der Waals surface area contributed by atoms with Crippen molar-refractivity contribution in [1.29, 1.82) is 0 Å². The monoisotopic (exact) mass is 389 g/mol. The number of halogens is 1. The van der Waals surface area contributed by atoms with Gasteiger partial charge in [0, 0.05) is 23.6 Å². The third kappa shape index (κ3) is 7.11. The van der Waals surface area contributed by atoms with E-state index in [1.165, 1.54) is 0 Å². The Hall–Kier alpha value is -2.86. The Morgan fingerprint density at radius 1 is 0.963 bits per heavy atom. The highest BCUT2D eigenvalue weighted by molar-refractivity contribution is 6.30. The first-order valence-corrected chi connectivity index (χ1v) is 8.78. The van der Waals surface area contributed by atoms with E-state index >= 15 is 0 Å². The third-order valence-electron chi connectivity index (χ3n) is 3.62. The minimum absolute atomic E-state index is 0.0329. The topological polar surface area (TPSA) is 81.7 Å². The molecule has 0 saturated carbocycles. The normalized spacial score (nSPS) is 10.1. The van der Waals surface area contributed by atoms with Crippen molar-refractivity contribution >= 4 is 29.3 Å². The molecule has 2 rings (SSSR count). The number of carbonyl (C=O) groups is 3. The van der Waals surface area contributed by atoms with Crippen LogP contribution in [0.3, 0.4) is 0 Å². The molecule has 2 aromatic rings. The first kappa shape index (κ1) is 20.5. The molecule has 0 atom stereocenters. The van der Waals surface area contributed by atoms with Crippen LogP contribution in [0.25, 0.3) is 0 Å². The highest BCUT2D eigenvalue weighted by Crippen LogP contribution is 2.13. The molecule has 0 aliphatic carbocycles. The molecule has 142 valence electrons. The Labute approximate surface area is 162 Å². The van der Waals surface area contributed by atoms with E-state index in [0.29, 0.717) is 29.3 Å². The number of benzene rings is 2. The van der Waals surface area contributed by atoms with Crippen molar-refractivity contribution in [2.75, 3.05) is 13.2 Å². The molecule has 0 radical (unpaired) electrons. The van der Waals surface area contributed by atoms with Crippen LogP contribution in [0.15, 0.2) is 48.5 Å². The van der Waals surface area contributed by atoms with Crippen LogP contribution in [0.1, 0.15) is 29.3 Å². The maximum Gasteiger partial charge on any atom is 0.344 e. The first-order chi connectivity index (χ1) is 13.0. The van der Waals surface area contributed by atoms with E-state index in [1.807, 2.05) is 0 Å². The molecule has 0 unspecified atom stereocenters. The van der Waals surface area contributed by atoms with E-state index in [0.717, 1.165) is 5.56 Å². The number of ketones is 1. The second kappa shape index (κ2) is 10.3. The summed E-state index contributed by atoms with van der Waals surface area (Å²) < 4.78 is 10.1. The zero-order chi connectivity index (χ0) is 19.6. The molecule has 0 spiro atoms. The number of esters is 1. The van der Waals surface area contributed by atoms with Crippen molar-refractivity contribution in [3.8, 4) is 5.75 Å². The summed E-state index contributed by atoms with van der Waals surface area (Å²) in [6.45, 7) is 1.38. The Kier molecular flexibility index (Phi) is 7.82. The summed E-state index contributed by atoms with van der Waals surface area (Å²) in [5.74, 6) is -0.608. The Balaban J connectivity index is 1.67. The maximum atomic E-state index is 11.7. The number of amides is 1. The van der Waals surface area contributed by atoms with Gasteiger partial charge in [-0.15, -0.1) is 0 Å². The summed E-state index contributed by atoms with van der Waals surface area (Å²) in [6, 6.07) is 13.5. The predicted molar refractivity (Wildman–Crippen MR) is 101 cm³/mol. The fraction of sp³-hybridized carbons (Fsp3) is 0.250. The number of Topliss-reactive ketones (excluding diaryl/α,β-unsaturated/α-hetero) is 1. The van der Waals surface area contributed by atoms with E-state index < -0.39 is 11.9 Å². The van der Waals surface area contributed by atoms with Crippen LogP contribution < -0.4 is 10.1 Å². The van der Waals surface area contributed by atoms with Crippen molar-refractivity contribution < 1.29 is 23.9 Å². The van der Waals surface area contributed by atoms with Crippen LogP contribution in [-0.2, 0) is 20.9 Å². The van der Waals surface area contributed by atoms with Gasteiger partial charge in [-0.3, -0.25) is 9.59 Å². The highest BCUT2D eigenvalue weighted by atomic mass is 35.5. The van der Waals surface area contributed by atoms with Gasteiger partial charge in [-0.05, 0) is 42.0 Å². The summed E-state index contributed by atoms with van der Waals surface area (Å²) in [5.41, 5.74) is 1.47. The van der Waals surface area contributed by atoms with Gasteiger partial charge in [0.25, 0.3) is 5.91 Å². The largest absolute Gasteiger partial charge is 0.482 e. The lowest BCUT2D eigenvalue weighted by molar-refractivity contribution is -0.150. The van der Waals surface area contributed by atoms with Crippen molar-refractivity contribution in [3.63, 3.8) is 0 Å². The van der Waals surface area contributed by atoms with Crippen LogP contribution in [0, 0.1) is 0 Å². The highest BCUT2D eigenvalue weighted by Gasteiger charge is 2.09. The van der Waals surface area contributed by atoms with Gasteiger partial charge in [-0.25, -0.2) is 4.79 Å². The number of ether oxygens (including phenoxy) is 2. The van der Waals surface area contributed by atoms with Gasteiger partial charge in [-0.1, -0.05) is 30.7 Å². The molecule has 0 saturated heterocycles. The molecule has 0 fully saturated rings. The molecule has 2 aromatic carbocycles. The second-order valence-electron chi connectivity index (χ2n) is 5.65. The number of hydrogen-bond acceptors (Lipinski definition) is 5. The number of rotatable bonds is 9. The predicted octanol–water partition coefficient (Wildman–Crippen LogP) is 3.17. The molecule has 6 nitrogen and oxygen atoms in total. The first-order valence-electron chi connectivity index (χ1n) is 8.40. The van der Waals surface area contributed by atoms with Crippen molar-refractivity contribution in [1.82, 2.24) is 5.32 Å². The summed E-state index contributed by atoms with van der Waals surface area (Å²) in [7, 11) is 0. The molecule has 0 heterocycles. The van der Waals surface area contributed by atoms with Gasteiger partial charge >= 0.3 is 5.97 Å².